The maximum absolute atomic E-state index is 13.5. The predicted molar refractivity (Wildman–Crippen MR) is 122 cm³/mol. The lowest BCUT2D eigenvalue weighted by Gasteiger charge is -2.37. The molecule has 2 heterocycles. The van der Waals surface area contributed by atoms with E-state index >= 15 is 0 Å². The van der Waals surface area contributed by atoms with Crippen molar-refractivity contribution in [3.63, 3.8) is 0 Å². The van der Waals surface area contributed by atoms with E-state index in [0.717, 1.165) is 0 Å². The van der Waals surface area contributed by atoms with Gasteiger partial charge in [-0.25, -0.2) is 0 Å². The van der Waals surface area contributed by atoms with Gasteiger partial charge in [0.25, 0.3) is 11.6 Å². The van der Waals surface area contributed by atoms with Crippen LogP contribution in [0.15, 0.2) is 89.3 Å². The molecule has 0 fully saturated rings. The van der Waals surface area contributed by atoms with E-state index in [4.69, 9.17) is 16.0 Å². The zero-order chi connectivity index (χ0) is 22.2. The highest BCUT2D eigenvalue weighted by Gasteiger charge is 2.36. The van der Waals surface area contributed by atoms with Crippen LogP contribution in [0.25, 0.3) is 11.3 Å². The van der Waals surface area contributed by atoms with Crippen molar-refractivity contribution >= 4 is 34.6 Å². The number of halogens is 1. The molecule has 7 nitrogen and oxygen atoms in total. The van der Waals surface area contributed by atoms with Crippen LogP contribution in [-0.2, 0) is 0 Å². The highest BCUT2D eigenvalue weighted by Crippen LogP contribution is 2.40. The highest BCUT2D eigenvalue weighted by molar-refractivity contribution is 6.34. The fourth-order valence-corrected chi connectivity index (χ4v) is 4.00. The van der Waals surface area contributed by atoms with E-state index in [1.165, 1.54) is 12.1 Å². The molecule has 5 rings (SSSR count). The second-order valence-electron chi connectivity index (χ2n) is 7.23. The molecule has 1 N–H and O–H groups in total. The van der Waals surface area contributed by atoms with Gasteiger partial charge in [0, 0.05) is 23.4 Å². The van der Waals surface area contributed by atoms with Crippen LogP contribution in [0, 0.1) is 10.1 Å². The van der Waals surface area contributed by atoms with Crippen LogP contribution in [0.4, 0.5) is 17.1 Å². The fraction of sp³-hybridized carbons (Fsp3) is 0.0417. The van der Waals surface area contributed by atoms with Crippen LogP contribution in [0.2, 0.25) is 5.02 Å². The van der Waals surface area contributed by atoms with Gasteiger partial charge in [0.05, 0.1) is 21.2 Å². The van der Waals surface area contributed by atoms with Crippen LogP contribution >= 0.6 is 11.6 Å². The Morgan fingerprint density at radius 2 is 1.75 bits per heavy atom. The quantitative estimate of drug-likeness (QED) is 0.295. The molecule has 4 aromatic rings. The summed E-state index contributed by atoms with van der Waals surface area (Å²) in [4.78, 5) is 25.7. The molecule has 1 atom stereocenters. The summed E-state index contributed by atoms with van der Waals surface area (Å²) < 4.78 is 6.08. The average molecular weight is 446 g/mol. The predicted octanol–water partition coefficient (Wildman–Crippen LogP) is 6.28. The lowest BCUT2D eigenvalue weighted by molar-refractivity contribution is -0.384. The lowest BCUT2D eigenvalue weighted by atomic mass is 10.1. The topological polar surface area (TPSA) is 88.6 Å². The van der Waals surface area contributed by atoms with Crippen molar-refractivity contribution in [1.82, 2.24) is 0 Å². The lowest BCUT2D eigenvalue weighted by Crippen LogP contribution is -2.43. The summed E-state index contributed by atoms with van der Waals surface area (Å²) in [6, 6.07) is 24.0. The first-order chi connectivity index (χ1) is 15.5. The molecule has 0 saturated heterocycles. The molecule has 1 amide bonds. The number of benzene rings is 3. The minimum atomic E-state index is -0.662. The van der Waals surface area contributed by atoms with Gasteiger partial charge in [-0.15, -0.1) is 0 Å². The van der Waals surface area contributed by atoms with Gasteiger partial charge in [0.1, 0.15) is 11.5 Å². The molecule has 0 saturated carbocycles. The largest absolute Gasteiger partial charge is 0.457 e. The van der Waals surface area contributed by atoms with Crippen molar-refractivity contribution in [1.29, 1.82) is 0 Å². The van der Waals surface area contributed by atoms with Crippen LogP contribution in [0.5, 0.6) is 0 Å². The Morgan fingerprint density at radius 3 is 2.56 bits per heavy atom. The molecule has 158 valence electrons. The number of carbonyl (C=O) groups is 1. The molecular weight excluding hydrogens is 430 g/mol. The normalized spacial score (nSPS) is 15.2. The van der Waals surface area contributed by atoms with Gasteiger partial charge in [-0.2, -0.15) is 0 Å². The molecule has 3 aromatic carbocycles. The molecule has 0 spiro atoms. The molecule has 8 heteroatoms. The van der Waals surface area contributed by atoms with Gasteiger partial charge < -0.3 is 9.73 Å². The summed E-state index contributed by atoms with van der Waals surface area (Å²) in [5, 5.41) is 14.9. The zero-order valence-corrected chi connectivity index (χ0v) is 17.3. The molecule has 0 bridgehead atoms. The van der Waals surface area contributed by atoms with Crippen LogP contribution < -0.4 is 10.2 Å². The Kier molecular flexibility index (Phi) is 4.88. The van der Waals surface area contributed by atoms with E-state index < -0.39 is 11.1 Å². The Balaban J connectivity index is 1.60. The number of fused-ring (bicyclic) bond motifs is 1. The summed E-state index contributed by atoms with van der Waals surface area (Å²) in [6.45, 7) is 0. The van der Waals surface area contributed by atoms with Gasteiger partial charge in [-0.3, -0.25) is 19.8 Å². The summed E-state index contributed by atoms with van der Waals surface area (Å²) in [6.07, 6.45) is -0.662. The standard InChI is InChI=1S/C24H16ClN3O4/c25-18-9-2-4-11-20(18)27-23(26-19-10-3-1-8-17(19)24(27)29)22-13-12-21(32-22)15-6-5-7-16(14-15)28(30)31/h1-14,23,26H/t23-/m1/s1. The van der Waals surface area contributed by atoms with Crippen molar-refractivity contribution < 1.29 is 14.1 Å². The van der Waals surface area contributed by atoms with Crippen LogP contribution in [0.1, 0.15) is 22.3 Å². The minimum Gasteiger partial charge on any atom is -0.457 e. The van der Waals surface area contributed by atoms with E-state index in [1.54, 1.807) is 59.5 Å². The Morgan fingerprint density at radius 1 is 0.969 bits per heavy atom. The third kappa shape index (κ3) is 3.38. The van der Waals surface area contributed by atoms with E-state index in [1.807, 2.05) is 18.2 Å². The number of rotatable bonds is 4. The van der Waals surface area contributed by atoms with Gasteiger partial charge in [0.2, 0.25) is 0 Å². The molecule has 0 unspecified atom stereocenters. The van der Waals surface area contributed by atoms with E-state index in [9.17, 15) is 14.9 Å². The number of hydrogen-bond donors (Lipinski definition) is 1. The molecule has 1 aliphatic heterocycles. The second kappa shape index (κ2) is 7.86. The Bertz CT molecular complexity index is 1350. The maximum atomic E-state index is 13.5. The number of nitrogens with one attached hydrogen (secondary N) is 1. The first-order valence-corrected chi connectivity index (χ1v) is 10.2. The number of non-ortho nitro benzene ring substituents is 1. The molecule has 1 aliphatic rings. The van der Waals surface area contributed by atoms with Crippen molar-refractivity contribution in [2.24, 2.45) is 0 Å². The van der Waals surface area contributed by atoms with Gasteiger partial charge >= 0.3 is 0 Å². The molecule has 0 aliphatic carbocycles. The number of para-hydroxylation sites is 2. The number of nitro benzene ring substituents is 1. The molecule has 0 radical (unpaired) electrons. The number of nitro groups is 1. The first kappa shape index (κ1) is 19.8. The number of nitrogens with zero attached hydrogens (tertiary/aromatic N) is 2. The highest BCUT2D eigenvalue weighted by atomic mass is 35.5. The summed E-state index contributed by atoms with van der Waals surface area (Å²) in [5.74, 6) is 0.705. The van der Waals surface area contributed by atoms with Crippen molar-refractivity contribution in [2.45, 2.75) is 6.17 Å². The van der Waals surface area contributed by atoms with Crippen LogP contribution in [-0.4, -0.2) is 10.8 Å². The summed E-state index contributed by atoms with van der Waals surface area (Å²) in [7, 11) is 0. The SMILES string of the molecule is O=C1c2ccccc2N[C@@H](c2ccc(-c3cccc([N+](=O)[O-])c3)o2)N1c1ccccc1Cl. The van der Waals surface area contributed by atoms with Crippen molar-refractivity contribution in [2.75, 3.05) is 10.2 Å². The van der Waals surface area contributed by atoms with E-state index in [-0.39, 0.29) is 11.6 Å². The van der Waals surface area contributed by atoms with Crippen LogP contribution in [0.3, 0.4) is 0 Å². The number of hydrogen-bond acceptors (Lipinski definition) is 5. The summed E-state index contributed by atoms with van der Waals surface area (Å²) in [5.41, 5.74) is 2.28. The molecule has 1 aromatic heterocycles. The third-order valence-corrected chi connectivity index (χ3v) is 5.60. The fourth-order valence-electron chi connectivity index (χ4n) is 3.78. The summed E-state index contributed by atoms with van der Waals surface area (Å²) >= 11 is 6.43. The van der Waals surface area contributed by atoms with Gasteiger partial charge in [0.15, 0.2) is 6.17 Å². The minimum absolute atomic E-state index is 0.0296. The number of anilines is 2. The van der Waals surface area contributed by atoms with Gasteiger partial charge in [-0.05, 0) is 36.4 Å². The van der Waals surface area contributed by atoms with E-state index in [2.05, 4.69) is 5.32 Å². The Hall–Kier alpha value is -4.10. The number of furan rings is 1. The smallest absolute Gasteiger partial charge is 0.270 e. The van der Waals surface area contributed by atoms with Crippen molar-refractivity contribution in [3.8, 4) is 11.3 Å². The van der Waals surface area contributed by atoms with E-state index in [0.29, 0.717) is 39.0 Å². The molecule has 32 heavy (non-hydrogen) atoms. The van der Waals surface area contributed by atoms with Gasteiger partial charge in [-0.1, -0.05) is 48.0 Å². The third-order valence-electron chi connectivity index (χ3n) is 5.28. The maximum Gasteiger partial charge on any atom is 0.270 e. The molecular formula is C24H16ClN3O4. The average Bonchev–Trinajstić information content (AvgIpc) is 3.30. The monoisotopic (exact) mass is 445 g/mol. The number of carbonyl (C=O) groups excluding carboxylic acids is 1. The number of amides is 1. The first-order valence-electron chi connectivity index (χ1n) is 9.81. The van der Waals surface area contributed by atoms with Crippen molar-refractivity contribution in [3.05, 3.63) is 111 Å². The Labute approximate surface area is 188 Å². The second-order valence-corrected chi connectivity index (χ2v) is 7.64. The zero-order valence-electron chi connectivity index (χ0n) is 16.6.